The predicted molar refractivity (Wildman–Crippen MR) is 190 cm³/mol. The van der Waals surface area contributed by atoms with Crippen LogP contribution < -0.4 is 14.4 Å². The van der Waals surface area contributed by atoms with Crippen LogP contribution in [0, 0.1) is 0 Å². The molecule has 1 N–H and O–H groups in total. The molecule has 0 aromatic heterocycles. The molecule has 4 aromatic rings. The van der Waals surface area contributed by atoms with E-state index in [-0.39, 0.29) is 42.1 Å². The summed E-state index contributed by atoms with van der Waals surface area (Å²) in [6, 6.07) is 28.0. The maximum Gasteiger partial charge on any atom is 0.264 e. The van der Waals surface area contributed by atoms with E-state index in [9.17, 15) is 18.0 Å². The van der Waals surface area contributed by atoms with Crippen LogP contribution in [0.2, 0.25) is 10.0 Å². The zero-order chi connectivity index (χ0) is 34.1. The van der Waals surface area contributed by atoms with Crippen LogP contribution in [0.15, 0.2) is 108 Å². The highest BCUT2D eigenvalue weighted by molar-refractivity contribution is 7.92. The van der Waals surface area contributed by atoms with E-state index in [1.165, 1.54) is 17.0 Å². The zero-order valence-corrected chi connectivity index (χ0v) is 29.1. The van der Waals surface area contributed by atoms with Gasteiger partial charge in [-0.1, -0.05) is 103 Å². The molecule has 48 heavy (non-hydrogen) atoms. The highest BCUT2D eigenvalue weighted by atomic mass is 35.5. The number of rotatable bonds is 14. The van der Waals surface area contributed by atoms with Crippen LogP contribution in [0.1, 0.15) is 43.7 Å². The smallest absolute Gasteiger partial charge is 0.264 e. The molecule has 1 aliphatic carbocycles. The summed E-state index contributed by atoms with van der Waals surface area (Å²) in [6.45, 7) is 1.33. The lowest BCUT2D eigenvalue weighted by Crippen LogP contribution is -2.54. The number of carbonyl (C=O) groups is 2. The number of carbonyl (C=O) groups excluding carboxylic acids is 2. The van der Waals surface area contributed by atoms with Gasteiger partial charge in [-0.05, 0) is 61.7 Å². The van der Waals surface area contributed by atoms with E-state index in [1.54, 1.807) is 67.6 Å². The quantitative estimate of drug-likeness (QED) is 0.149. The van der Waals surface area contributed by atoms with E-state index in [2.05, 4.69) is 5.32 Å². The van der Waals surface area contributed by atoms with Gasteiger partial charge in [0.1, 0.15) is 18.3 Å². The summed E-state index contributed by atoms with van der Waals surface area (Å²) in [5.74, 6) is -0.637. The SMILES string of the molecule is CCOc1ccccc1N(CC(=O)N(Cc1c(Cl)cccc1Cl)[C@H](Cc1ccccc1)C(=O)NC1CCCC1)S(=O)(=O)c1ccccc1. The zero-order valence-electron chi connectivity index (χ0n) is 26.7. The molecule has 0 bridgehead atoms. The van der Waals surface area contributed by atoms with E-state index in [1.807, 2.05) is 30.3 Å². The number of hydrogen-bond donors (Lipinski definition) is 1. The van der Waals surface area contributed by atoms with E-state index in [4.69, 9.17) is 27.9 Å². The molecule has 0 aliphatic heterocycles. The lowest BCUT2D eigenvalue weighted by Gasteiger charge is -2.35. The van der Waals surface area contributed by atoms with Crippen LogP contribution in [0.25, 0.3) is 0 Å². The average molecular weight is 709 g/mol. The number of sulfonamides is 1. The molecule has 1 aliphatic rings. The molecule has 0 heterocycles. The molecule has 0 radical (unpaired) electrons. The summed E-state index contributed by atoms with van der Waals surface area (Å²) in [7, 11) is -4.28. The van der Waals surface area contributed by atoms with Crippen LogP contribution in [-0.4, -0.2) is 50.4 Å². The Balaban J connectivity index is 1.61. The Morgan fingerprint density at radius 2 is 1.46 bits per heavy atom. The highest BCUT2D eigenvalue weighted by Crippen LogP contribution is 2.34. The second-order valence-corrected chi connectivity index (χ2v) is 14.3. The number of hydrogen-bond acceptors (Lipinski definition) is 5. The summed E-state index contributed by atoms with van der Waals surface area (Å²) in [5.41, 5.74) is 1.48. The minimum atomic E-state index is -4.28. The monoisotopic (exact) mass is 707 g/mol. The fourth-order valence-electron chi connectivity index (χ4n) is 5.95. The first kappa shape index (κ1) is 35.3. The average Bonchev–Trinajstić information content (AvgIpc) is 3.60. The lowest BCUT2D eigenvalue weighted by molar-refractivity contribution is -0.140. The molecule has 1 fully saturated rings. The Labute approximate surface area is 292 Å². The number of ether oxygens (including phenoxy) is 1. The maximum absolute atomic E-state index is 14.8. The molecule has 1 atom stereocenters. The summed E-state index contributed by atoms with van der Waals surface area (Å²) in [6.07, 6.45) is 3.92. The first-order chi connectivity index (χ1) is 23.2. The molecule has 5 rings (SSSR count). The van der Waals surface area contributed by atoms with Gasteiger partial charge in [0.2, 0.25) is 11.8 Å². The number of nitrogens with one attached hydrogen (secondary N) is 1. The minimum Gasteiger partial charge on any atom is -0.492 e. The van der Waals surface area contributed by atoms with Gasteiger partial charge >= 0.3 is 0 Å². The van der Waals surface area contributed by atoms with Gasteiger partial charge in [-0.15, -0.1) is 0 Å². The van der Waals surface area contributed by atoms with Gasteiger partial charge in [-0.2, -0.15) is 0 Å². The molecule has 0 unspecified atom stereocenters. The number of halogens is 2. The van der Waals surface area contributed by atoms with Gasteiger partial charge < -0.3 is 15.0 Å². The molecular weight excluding hydrogens is 669 g/mol. The van der Waals surface area contributed by atoms with Gasteiger partial charge in [-0.25, -0.2) is 8.42 Å². The Kier molecular flexibility index (Phi) is 12.0. The normalized spacial score (nSPS) is 13.9. The first-order valence-electron chi connectivity index (χ1n) is 16.0. The van der Waals surface area contributed by atoms with E-state index in [0.29, 0.717) is 21.4 Å². The number of amides is 2. The number of anilines is 1. The molecule has 1 saturated carbocycles. The van der Waals surface area contributed by atoms with Crippen molar-refractivity contribution in [2.45, 2.75) is 62.6 Å². The van der Waals surface area contributed by atoms with Crippen molar-refractivity contribution in [3.05, 3.63) is 124 Å². The summed E-state index contributed by atoms with van der Waals surface area (Å²) < 4.78 is 35.5. The van der Waals surface area contributed by atoms with Gasteiger partial charge in [-0.3, -0.25) is 13.9 Å². The molecule has 0 spiro atoms. The lowest BCUT2D eigenvalue weighted by atomic mass is 10.0. The van der Waals surface area contributed by atoms with Crippen molar-refractivity contribution in [2.24, 2.45) is 0 Å². The third-order valence-corrected chi connectivity index (χ3v) is 10.9. The van der Waals surface area contributed by atoms with Gasteiger partial charge in [0, 0.05) is 34.6 Å². The van der Waals surface area contributed by atoms with Crippen molar-refractivity contribution < 1.29 is 22.7 Å². The second kappa shape index (κ2) is 16.4. The van der Waals surface area contributed by atoms with E-state index >= 15 is 0 Å². The van der Waals surface area contributed by atoms with Crippen molar-refractivity contribution >= 4 is 50.7 Å². The van der Waals surface area contributed by atoms with Crippen molar-refractivity contribution in [3.63, 3.8) is 0 Å². The summed E-state index contributed by atoms with van der Waals surface area (Å²) >= 11 is 13.2. The van der Waals surface area contributed by atoms with Gasteiger partial charge in [0.05, 0.1) is 17.2 Å². The molecule has 2 amide bonds. The third kappa shape index (κ3) is 8.50. The summed E-state index contributed by atoms with van der Waals surface area (Å²) in [5, 5.41) is 3.81. The minimum absolute atomic E-state index is 0.00427. The molecule has 252 valence electrons. The standard InChI is InChI=1S/C37H39Cl2N3O5S/c1-2-47-35-23-12-11-22-33(35)42(48(45,46)29-18-7-4-8-19-29)26-36(43)41(25-30-31(38)20-13-21-32(30)39)34(24-27-14-5-3-6-15-27)37(44)40-28-16-9-10-17-28/h3-8,11-15,18-23,28,34H,2,9-10,16-17,24-26H2,1H3,(H,40,44)/t34-/m1/s1. The van der Waals surface area contributed by atoms with Crippen molar-refractivity contribution in [2.75, 3.05) is 17.5 Å². The third-order valence-electron chi connectivity index (χ3n) is 8.41. The highest BCUT2D eigenvalue weighted by Gasteiger charge is 2.36. The van der Waals surface area contributed by atoms with Crippen LogP contribution >= 0.6 is 23.2 Å². The molecule has 0 saturated heterocycles. The predicted octanol–water partition coefficient (Wildman–Crippen LogP) is 7.29. The van der Waals surface area contributed by atoms with Crippen LogP contribution in [-0.2, 0) is 32.6 Å². The number of benzene rings is 4. The second-order valence-electron chi connectivity index (χ2n) is 11.6. The fraction of sp³-hybridized carbons (Fsp3) is 0.297. The molecule has 8 nitrogen and oxygen atoms in total. The van der Waals surface area contributed by atoms with Crippen LogP contribution in [0.4, 0.5) is 5.69 Å². The Hall–Kier alpha value is -4.05. The summed E-state index contributed by atoms with van der Waals surface area (Å²) in [4.78, 5) is 30.4. The Bertz CT molecular complexity index is 1780. The maximum atomic E-state index is 14.8. The fourth-order valence-corrected chi connectivity index (χ4v) is 7.91. The Morgan fingerprint density at radius 1 is 0.854 bits per heavy atom. The van der Waals surface area contributed by atoms with Crippen LogP contribution in [0.5, 0.6) is 5.75 Å². The molecule has 4 aromatic carbocycles. The van der Waals surface area contributed by atoms with E-state index < -0.39 is 28.5 Å². The van der Waals surface area contributed by atoms with Gasteiger partial charge in [0.15, 0.2) is 0 Å². The Morgan fingerprint density at radius 3 is 2.10 bits per heavy atom. The van der Waals surface area contributed by atoms with Gasteiger partial charge in [0.25, 0.3) is 10.0 Å². The molecule has 11 heteroatoms. The van der Waals surface area contributed by atoms with Crippen molar-refractivity contribution in [1.29, 1.82) is 0 Å². The van der Waals surface area contributed by atoms with E-state index in [0.717, 1.165) is 35.6 Å². The first-order valence-corrected chi connectivity index (χ1v) is 18.2. The number of para-hydroxylation sites is 2. The molecular formula is C37H39Cl2N3O5S. The number of nitrogens with zero attached hydrogens (tertiary/aromatic N) is 2. The topological polar surface area (TPSA) is 96.0 Å². The largest absolute Gasteiger partial charge is 0.492 e. The van der Waals surface area contributed by atoms with Crippen molar-refractivity contribution in [3.8, 4) is 5.75 Å². The van der Waals surface area contributed by atoms with Crippen molar-refractivity contribution in [1.82, 2.24) is 10.2 Å². The van der Waals surface area contributed by atoms with Crippen LogP contribution in [0.3, 0.4) is 0 Å².